The lowest BCUT2D eigenvalue weighted by Crippen LogP contribution is -2.14. The van der Waals surface area contributed by atoms with Crippen LogP contribution in [0.4, 0.5) is 0 Å². The topological polar surface area (TPSA) is 68.8 Å². The first-order valence-corrected chi connectivity index (χ1v) is 8.99. The first kappa shape index (κ1) is 19.8. The minimum absolute atomic E-state index is 0. The van der Waals surface area contributed by atoms with Crippen molar-refractivity contribution in [3.63, 3.8) is 0 Å². The summed E-state index contributed by atoms with van der Waals surface area (Å²) in [7, 11) is 1.84. The van der Waals surface area contributed by atoms with E-state index in [1.54, 1.807) is 16.4 Å². The van der Waals surface area contributed by atoms with Crippen LogP contribution in [-0.2, 0) is 13.6 Å². The molecule has 0 amide bonds. The first-order chi connectivity index (χ1) is 11.7. The second-order valence-corrected chi connectivity index (χ2v) is 6.74. The van der Waals surface area contributed by atoms with E-state index in [2.05, 4.69) is 20.8 Å². The van der Waals surface area contributed by atoms with Gasteiger partial charge in [0.05, 0.1) is 6.54 Å². The molecule has 0 aliphatic carbocycles. The zero-order valence-electron chi connectivity index (χ0n) is 13.7. The Hall–Kier alpha value is -1.54. The number of aryl methyl sites for hydroxylation is 1. The molecule has 0 unspecified atom stereocenters. The number of aromatic nitrogens is 4. The summed E-state index contributed by atoms with van der Waals surface area (Å²) in [5.41, 5.74) is 0.988. The summed E-state index contributed by atoms with van der Waals surface area (Å²) in [4.78, 5) is 0. The van der Waals surface area contributed by atoms with Crippen molar-refractivity contribution in [3.8, 4) is 11.3 Å². The molecule has 9 heteroatoms. The molecule has 0 fully saturated rings. The second-order valence-electron chi connectivity index (χ2n) is 5.24. The lowest BCUT2D eigenvalue weighted by Gasteiger charge is -2.03. The molecule has 1 N–H and O–H groups in total. The number of tetrazole rings is 1. The van der Waals surface area contributed by atoms with Crippen LogP contribution in [0.5, 0.6) is 0 Å². The van der Waals surface area contributed by atoms with E-state index in [0.717, 1.165) is 41.0 Å². The second kappa shape index (κ2) is 9.82. The summed E-state index contributed by atoms with van der Waals surface area (Å²) in [5, 5.41) is 16.3. The Balaban J connectivity index is 0.00000225. The molecule has 0 aliphatic heterocycles. The number of hydrogen-bond donors (Lipinski definition) is 1. The normalized spacial score (nSPS) is 10.6. The Bertz CT molecular complexity index is 792. The van der Waals surface area contributed by atoms with Crippen LogP contribution < -0.4 is 5.32 Å². The smallest absolute Gasteiger partial charge is 0.209 e. The lowest BCUT2D eigenvalue weighted by molar-refractivity contribution is 0.494. The molecule has 0 spiro atoms. The predicted molar refractivity (Wildman–Crippen MR) is 102 cm³/mol. The fourth-order valence-electron chi connectivity index (χ4n) is 2.19. The molecule has 0 atom stereocenters. The third kappa shape index (κ3) is 5.74. The number of hydrogen-bond acceptors (Lipinski definition) is 6. The van der Waals surface area contributed by atoms with Gasteiger partial charge < -0.3 is 9.73 Å². The lowest BCUT2D eigenvalue weighted by atomic mass is 10.2. The maximum Gasteiger partial charge on any atom is 0.209 e. The fraction of sp³-hybridized carbons (Fsp3) is 0.312. The highest BCUT2D eigenvalue weighted by Crippen LogP contribution is 2.24. The molecule has 0 saturated heterocycles. The van der Waals surface area contributed by atoms with E-state index in [9.17, 15) is 0 Å². The molecule has 3 aromatic rings. The van der Waals surface area contributed by atoms with Gasteiger partial charge >= 0.3 is 0 Å². The highest BCUT2D eigenvalue weighted by molar-refractivity contribution is 7.99. The van der Waals surface area contributed by atoms with Gasteiger partial charge in [0.15, 0.2) is 0 Å². The average Bonchev–Trinajstić information content (AvgIpc) is 3.20. The van der Waals surface area contributed by atoms with Gasteiger partial charge in [0.25, 0.3) is 0 Å². The standard InChI is InChI=1S/C16H18ClN5OS.ClH/c1-22-16(19-20-21-22)24-9-3-8-18-11-14-6-7-15(23-14)12-4-2-5-13(17)10-12;/h2,4-7,10,18H,3,8-9,11H2,1H3;1H. The zero-order chi connectivity index (χ0) is 16.8. The average molecular weight is 400 g/mol. The van der Waals surface area contributed by atoms with Crippen molar-refractivity contribution in [2.24, 2.45) is 7.05 Å². The summed E-state index contributed by atoms with van der Waals surface area (Å²) in [6.07, 6.45) is 1.03. The van der Waals surface area contributed by atoms with Crippen molar-refractivity contribution >= 4 is 35.8 Å². The van der Waals surface area contributed by atoms with E-state index in [0.29, 0.717) is 11.6 Å². The number of nitrogens with one attached hydrogen (secondary N) is 1. The maximum absolute atomic E-state index is 6.01. The van der Waals surface area contributed by atoms with Crippen molar-refractivity contribution in [1.29, 1.82) is 0 Å². The Kier molecular flexibility index (Phi) is 7.77. The SMILES string of the molecule is Cl.Cn1nnnc1SCCCNCc1ccc(-c2cccc(Cl)c2)o1. The third-order valence-corrected chi connectivity index (χ3v) is 4.71. The molecule has 6 nitrogen and oxygen atoms in total. The molecule has 0 aliphatic rings. The van der Waals surface area contributed by atoms with Crippen molar-refractivity contribution < 1.29 is 4.42 Å². The molecule has 3 rings (SSSR count). The summed E-state index contributed by atoms with van der Waals surface area (Å²) < 4.78 is 7.53. The van der Waals surface area contributed by atoms with Crippen LogP contribution in [0, 0.1) is 0 Å². The third-order valence-electron chi connectivity index (χ3n) is 3.38. The number of furan rings is 1. The molecular formula is C16H19Cl2N5OS. The van der Waals surface area contributed by atoms with Crippen LogP contribution in [0.1, 0.15) is 12.2 Å². The van der Waals surface area contributed by atoms with Crippen molar-refractivity contribution in [1.82, 2.24) is 25.5 Å². The van der Waals surface area contributed by atoms with Gasteiger partial charge in [-0.3, -0.25) is 0 Å². The van der Waals surface area contributed by atoms with Gasteiger partial charge in [0.2, 0.25) is 5.16 Å². The minimum Gasteiger partial charge on any atom is -0.460 e. The Labute approximate surface area is 161 Å². The van der Waals surface area contributed by atoms with E-state index in [-0.39, 0.29) is 12.4 Å². The maximum atomic E-state index is 6.01. The van der Waals surface area contributed by atoms with Crippen LogP contribution >= 0.6 is 35.8 Å². The number of thioether (sulfide) groups is 1. The molecule has 0 saturated carbocycles. The van der Waals surface area contributed by atoms with Crippen LogP contribution in [0.3, 0.4) is 0 Å². The fourth-order valence-corrected chi connectivity index (χ4v) is 3.16. The van der Waals surface area contributed by atoms with E-state index < -0.39 is 0 Å². The number of halogens is 2. The van der Waals surface area contributed by atoms with Gasteiger partial charge in [-0.25, -0.2) is 4.68 Å². The molecular weight excluding hydrogens is 381 g/mol. The van der Waals surface area contributed by atoms with Gasteiger partial charge in [-0.1, -0.05) is 35.5 Å². The van der Waals surface area contributed by atoms with Crippen LogP contribution in [-0.4, -0.2) is 32.5 Å². The highest BCUT2D eigenvalue weighted by Gasteiger charge is 2.05. The van der Waals surface area contributed by atoms with Gasteiger partial charge in [0.1, 0.15) is 11.5 Å². The van der Waals surface area contributed by atoms with Gasteiger partial charge in [-0.15, -0.1) is 17.5 Å². The summed E-state index contributed by atoms with van der Waals surface area (Å²) in [6.45, 7) is 1.61. The highest BCUT2D eigenvalue weighted by atomic mass is 35.5. The van der Waals surface area contributed by atoms with E-state index in [1.165, 1.54) is 0 Å². The van der Waals surface area contributed by atoms with Gasteiger partial charge in [0, 0.05) is 23.4 Å². The molecule has 25 heavy (non-hydrogen) atoms. The Morgan fingerprint density at radius 2 is 2.16 bits per heavy atom. The zero-order valence-corrected chi connectivity index (χ0v) is 16.1. The molecule has 0 radical (unpaired) electrons. The quantitative estimate of drug-likeness (QED) is 0.458. The molecule has 134 valence electrons. The van der Waals surface area contributed by atoms with Crippen LogP contribution in [0.15, 0.2) is 46.0 Å². The Morgan fingerprint density at radius 3 is 2.92 bits per heavy atom. The van der Waals surface area contributed by atoms with Crippen molar-refractivity contribution in [3.05, 3.63) is 47.2 Å². The summed E-state index contributed by atoms with van der Waals surface area (Å²) in [5.74, 6) is 2.71. The van der Waals surface area contributed by atoms with Crippen molar-refractivity contribution in [2.45, 2.75) is 18.1 Å². The summed E-state index contributed by atoms with van der Waals surface area (Å²) >= 11 is 7.66. The van der Waals surface area contributed by atoms with E-state index in [1.807, 2.05) is 43.4 Å². The van der Waals surface area contributed by atoms with Crippen molar-refractivity contribution in [2.75, 3.05) is 12.3 Å². The minimum atomic E-state index is 0. The molecule has 0 bridgehead atoms. The number of benzene rings is 1. The van der Waals surface area contributed by atoms with Crippen LogP contribution in [0.2, 0.25) is 5.02 Å². The van der Waals surface area contributed by atoms with Gasteiger partial charge in [-0.05, 0) is 47.7 Å². The van der Waals surface area contributed by atoms with E-state index >= 15 is 0 Å². The molecule has 2 heterocycles. The van der Waals surface area contributed by atoms with Crippen LogP contribution in [0.25, 0.3) is 11.3 Å². The molecule has 2 aromatic heterocycles. The predicted octanol–water partition coefficient (Wildman–Crippen LogP) is 3.82. The van der Waals surface area contributed by atoms with E-state index in [4.69, 9.17) is 16.0 Å². The van der Waals surface area contributed by atoms with Gasteiger partial charge in [-0.2, -0.15) is 0 Å². The Morgan fingerprint density at radius 1 is 1.28 bits per heavy atom. The molecule has 1 aromatic carbocycles. The number of rotatable bonds is 8. The largest absolute Gasteiger partial charge is 0.460 e. The first-order valence-electron chi connectivity index (χ1n) is 7.63. The monoisotopic (exact) mass is 399 g/mol. The summed E-state index contributed by atoms with van der Waals surface area (Å²) in [6, 6.07) is 11.6. The number of nitrogens with zero attached hydrogens (tertiary/aromatic N) is 4.